The van der Waals surface area contributed by atoms with E-state index < -0.39 is 0 Å². The van der Waals surface area contributed by atoms with E-state index in [1.807, 2.05) is 6.07 Å². The van der Waals surface area contributed by atoms with E-state index in [4.69, 9.17) is 4.74 Å². The fourth-order valence-electron chi connectivity index (χ4n) is 1.47. The minimum absolute atomic E-state index is 0.661. The second kappa shape index (κ2) is 8.50. The number of rotatable bonds is 9. The van der Waals surface area contributed by atoms with Crippen LogP contribution < -0.4 is 10.1 Å². The van der Waals surface area contributed by atoms with E-state index in [0.717, 1.165) is 37.3 Å². The highest BCUT2D eigenvalue weighted by atomic mass is 16.5. The molecule has 0 aliphatic heterocycles. The van der Waals surface area contributed by atoms with Crippen LogP contribution in [-0.4, -0.2) is 23.1 Å². The van der Waals surface area contributed by atoms with Crippen molar-refractivity contribution < 1.29 is 4.74 Å². The number of ether oxygens (including phenoxy) is 1. The first-order valence-corrected chi connectivity index (χ1v) is 6.65. The van der Waals surface area contributed by atoms with Gasteiger partial charge < -0.3 is 10.1 Å². The van der Waals surface area contributed by atoms with Gasteiger partial charge in [0.15, 0.2) is 0 Å². The van der Waals surface area contributed by atoms with Gasteiger partial charge in [0.1, 0.15) is 11.6 Å². The van der Waals surface area contributed by atoms with Gasteiger partial charge in [0.25, 0.3) is 0 Å². The summed E-state index contributed by atoms with van der Waals surface area (Å²) in [6, 6.07) is 1.85. The third-order valence-corrected chi connectivity index (χ3v) is 2.40. The second-order valence-electron chi connectivity index (χ2n) is 4.13. The van der Waals surface area contributed by atoms with Crippen LogP contribution in [0.2, 0.25) is 0 Å². The third-order valence-electron chi connectivity index (χ3n) is 2.40. The Labute approximate surface area is 109 Å². The minimum atomic E-state index is 0.661. The average Bonchev–Trinajstić information content (AvgIpc) is 2.37. The van der Waals surface area contributed by atoms with Crippen LogP contribution in [0.15, 0.2) is 18.7 Å². The summed E-state index contributed by atoms with van der Waals surface area (Å²) >= 11 is 0. The largest absolute Gasteiger partial charge is 0.478 e. The standard InChI is InChI=1S/C14H23N3O/c1-4-7-10-18-14-11-13(15-9-6-3)16-12(17-14)8-5-2/h6,11H,3-5,7-10H2,1-2H3,(H,15,16,17). The molecule has 0 aliphatic rings. The Kier molecular flexibility index (Phi) is 6.84. The van der Waals surface area contributed by atoms with Crippen LogP contribution in [0.25, 0.3) is 0 Å². The van der Waals surface area contributed by atoms with Gasteiger partial charge in [0.2, 0.25) is 5.88 Å². The van der Waals surface area contributed by atoms with Gasteiger partial charge >= 0.3 is 0 Å². The molecule has 0 fully saturated rings. The van der Waals surface area contributed by atoms with Crippen molar-refractivity contribution in [1.82, 2.24) is 9.97 Å². The van der Waals surface area contributed by atoms with Crippen molar-refractivity contribution in [3.05, 3.63) is 24.5 Å². The molecule has 0 unspecified atom stereocenters. The molecule has 100 valence electrons. The number of unbranched alkanes of at least 4 members (excludes halogenated alkanes) is 1. The summed E-state index contributed by atoms with van der Waals surface area (Å²) in [5.41, 5.74) is 0. The van der Waals surface area contributed by atoms with E-state index in [-0.39, 0.29) is 0 Å². The van der Waals surface area contributed by atoms with Crippen molar-refractivity contribution in [2.45, 2.75) is 39.5 Å². The Morgan fingerprint density at radius 2 is 2.17 bits per heavy atom. The SMILES string of the molecule is C=CCNc1cc(OCCCC)nc(CCC)n1. The highest BCUT2D eigenvalue weighted by Crippen LogP contribution is 2.15. The molecule has 0 spiro atoms. The number of aryl methyl sites for hydroxylation is 1. The lowest BCUT2D eigenvalue weighted by Crippen LogP contribution is -2.07. The topological polar surface area (TPSA) is 47.0 Å². The predicted molar refractivity (Wildman–Crippen MR) is 75.1 cm³/mol. The number of aromatic nitrogens is 2. The zero-order chi connectivity index (χ0) is 13.2. The van der Waals surface area contributed by atoms with Crippen LogP contribution in [-0.2, 0) is 6.42 Å². The van der Waals surface area contributed by atoms with Crippen molar-refractivity contribution in [2.24, 2.45) is 0 Å². The molecule has 0 radical (unpaired) electrons. The van der Waals surface area contributed by atoms with Gasteiger partial charge in [-0.3, -0.25) is 0 Å². The maximum Gasteiger partial charge on any atom is 0.218 e. The molecule has 4 nitrogen and oxygen atoms in total. The molecule has 0 bridgehead atoms. The molecule has 1 rings (SSSR count). The second-order valence-corrected chi connectivity index (χ2v) is 4.13. The summed E-state index contributed by atoms with van der Waals surface area (Å²) < 4.78 is 5.64. The smallest absolute Gasteiger partial charge is 0.218 e. The van der Waals surface area contributed by atoms with E-state index in [9.17, 15) is 0 Å². The van der Waals surface area contributed by atoms with Crippen molar-refractivity contribution in [3.63, 3.8) is 0 Å². The van der Waals surface area contributed by atoms with E-state index in [0.29, 0.717) is 19.0 Å². The number of hydrogen-bond acceptors (Lipinski definition) is 4. The van der Waals surface area contributed by atoms with Gasteiger partial charge in [-0.15, -0.1) is 6.58 Å². The monoisotopic (exact) mass is 249 g/mol. The van der Waals surface area contributed by atoms with Gasteiger partial charge in [-0.05, 0) is 12.8 Å². The molecule has 18 heavy (non-hydrogen) atoms. The maximum atomic E-state index is 5.64. The molecule has 1 aromatic heterocycles. The van der Waals surface area contributed by atoms with Crippen molar-refractivity contribution in [3.8, 4) is 5.88 Å². The molecule has 0 atom stereocenters. The maximum absolute atomic E-state index is 5.64. The lowest BCUT2D eigenvalue weighted by Gasteiger charge is -2.09. The number of nitrogens with one attached hydrogen (secondary N) is 1. The highest BCUT2D eigenvalue weighted by Gasteiger charge is 2.04. The van der Waals surface area contributed by atoms with Crippen LogP contribution in [0.4, 0.5) is 5.82 Å². The van der Waals surface area contributed by atoms with Crippen LogP contribution in [0.1, 0.15) is 38.9 Å². The summed E-state index contributed by atoms with van der Waals surface area (Å²) in [5.74, 6) is 2.30. The van der Waals surface area contributed by atoms with Gasteiger partial charge in [0.05, 0.1) is 6.61 Å². The third kappa shape index (κ3) is 5.17. The first-order valence-electron chi connectivity index (χ1n) is 6.65. The van der Waals surface area contributed by atoms with Gasteiger partial charge in [0, 0.05) is 19.0 Å². The Morgan fingerprint density at radius 3 is 2.83 bits per heavy atom. The van der Waals surface area contributed by atoms with Crippen molar-refractivity contribution >= 4 is 5.82 Å². The molecule has 1 aromatic rings. The molecule has 0 amide bonds. The van der Waals surface area contributed by atoms with Crippen LogP contribution >= 0.6 is 0 Å². The van der Waals surface area contributed by atoms with E-state index in [1.165, 1.54) is 0 Å². The molecular formula is C14H23N3O. The first kappa shape index (κ1) is 14.5. The number of hydrogen-bond donors (Lipinski definition) is 1. The molecular weight excluding hydrogens is 226 g/mol. The zero-order valence-corrected chi connectivity index (χ0v) is 11.4. The Bertz CT molecular complexity index is 366. The van der Waals surface area contributed by atoms with Gasteiger partial charge in [-0.1, -0.05) is 26.3 Å². The average molecular weight is 249 g/mol. The van der Waals surface area contributed by atoms with Crippen molar-refractivity contribution in [2.75, 3.05) is 18.5 Å². The summed E-state index contributed by atoms with van der Waals surface area (Å²) in [7, 11) is 0. The molecule has 0 aliphatic carbocycles. The van der Waals surface area contributed by atoms with E-state index in [2.05, 4.69) is 35.7 Å². The zero-order valence-electron chi connectivity index (χ0n) is 11.4. The van der Waals surface area contributed by atoms with Crippen molar-refractivity contribution in [1.29, 1.82) is 0 Å². The van der Waals surface area contributed by atoms with Crippen LogP contribution in [0.3, 0.4) is 0 Å². The summed E-state index contributed by atoms with van der Waals surface area (Å²) in [6.45, 7) is 9.34. The Hall–Kier alpha value is -1.58. The van der Waals surface area contributed by atoms with Crippen LogP contribution in [0.5, 0.6) is 5.88 Å². The summed E-state index contributed by atoms with van der Waals surface area (Å²) in [6.07, 6.45) is 5.86. The normalized spacial score (nSPS) is 10.1. The fraction of sp³-hybridized carbons (Fsp3) is 0.571. The first-order chi connectivity index (χ1) is 8.80. The van der Waals surface area contributed by atoms with Gasteiger partial charge in [-0.2, -0.15) is 4.98 Å². The highest BCUT2D eigenvalue weighted by molar-refractivity contribution is 5.39. The van der Waals surface area contributed by atoms with E-state index >= 15 is 0 Å². The number of anilines is 1. The molecule has 0 aromatic carbocycles. The molecule has 0 saturated carbocycles. The van der Waals surface area contributed by atoms with E-state index in [1.54, 1.807) is 6.08 Å². The summed E-state index contributed by atoms with van der Waals surface area (Å²) in [4.78, 5) is 8.84. The van der Waals surface area contributed by atoms with Gasteiger partial charge in [-0.25, -0.2) is 4.98 Å². The molecule has 1 heterocycles. The predicted octanol–water partition coefficient (Wildman–Crippen LogP) is 3.21. The fourth-order valence-corrected chi connectivity index (χ4v) is 1.47. The quantitative estimate of drug-likeness (QED) is 0.539. The lowest BCUT2D eigenvalue weighted by molar-refractivity contribution is 0.296. The number of nitrogens with zero attached hydrogens (tertiary/aromatic N) is 2. The molecule has 4 heteroatoms. The summed E-state index contributed by atoms with van der Waals surface area (Å²) in [5, 5.41) is 3.17. The minimum Gasteiger partial charge on any atom is -0.478 e. The molecule has 1 N–H and O–H groups in total. The Balaban J connectivity index is 2.73. The van der Waals surface area contributed by atoms with Crippen LogP contribution in [0, 0.1) is 0 Å². The lowest BCUT2D eigenvalue weighted by atomic mass is 10.3. The molecule has 0 saturated heterocycles. The Morgan fingerprint density at radius 1 is 1.33 bits per heavy atom.